The largest absolute Gasteiger partial charge is 0.491 e. The van der Waals surface area contributed by atoms with Crippen molar-refractivity contribution in [3.05, 3.63) is 40.7 Å². The standard InChI is InChI=1S/C19H23BO3S2/c1-13(21)25-12-15(20-22-18(2,3)19(4,5)23-20)11-14-7-6-8-17-16(14)9-10-24-17/h6-11H,12H2,1-5H3. The van der Waals surface area contributed by atoms with Crippen LogP contribution < -0.4 is 0 Å². The van der Waals surface area contributed by atoms with E-state index < -0.39 is 18.3 Å². The smallest absolute Gasteiger partial charge is 0.400 e. The Labute approximate surface area is 157 Å². The highest BCUT2D eigenvalue weighted by Gasteiger charge is 2.52. The van der Waals surface area contributed by atoms with E-state index in [1.807, 2.05) is 27.7 Å². The molecule has 25 heavy (non-hydrogen) atoms. The third-order valence-electron chi connectivity index (χ3n) is 4.87. The molecule has 1 saturated heterocycles. The molecule has 132 valence electrons. The van der Waals surface area contributed by atoms with Gasteiger partial charge in [0.2, 0.25) is 0 Å². The molecule has 0 unspecified atom stereocenters. The molecule has 0 bridgehead atoms. The predicted molar refractivity (Wildman–Crippen MR) is 109 cm³/mol. The molecule has 3 rings (SSSR count). The fourth-order valence-electron chi connectivity index (χ4n) is 2.70. The van der Waals surface area contributed by atoms with E-state index in [0.717, 1.165) is 11.0 Å². The average Bonchev–Trinajstić information content (AvgIpc) is 3.06. The quantitative estimate of drug-likeness (QED) is 0.690. The van der Waals surface area contributed by atoms with Crippen molar-refractivity contribution in [3.8, 4) is 0 Å². The maximum Gasteiger partial charge on any atom is 0.491 e. The van der Waals surface area contributed by atoms with Crippen LogP contribution in [-0.2, 0) is 14.1 Å². The van der Waals surface area contributed by atoms with Crippen LogP contribution in [0.1, 0.15) is 40.2 Å². The number of hydrogen-bond donors (Lipinski definition) is 0. The molecule has 1 aliphatic rings. The van der Waals surface area contributed by atoms with E-state index in [9.17, 15) is 4.79 Å². The van der Waals surface area contributed by atoms with Gasteiger partial charge in [0.25, 0.3) is 0 Å². The van der Waals surface area contributed by atoms with E-state index in [2.05, 4.69) is 35.7 Å². The number of carbonyl (C=O) groups is 1. The summed E-state index contributed by atoms with van der Waals surface area (Å²) in [6, 6.07) is 8.41. The second kappa shape index (κ2) is 6.91. The lowest BCUT2D eigenvalue weighted by Gasteiger charge is -2.32. The van der Waals surface area contributed by atoms with E-state index in [-0.39, 0.29) is 5.12 Å². The number of rotatable bonds is 4. The van der Waals surface area contributed by atoms with Crippen molar-refractivity contribution in [2.24, 2.45) is 0 Å². The molecule has 0 radical (unpaired) electrons. The van der Waals surface area contributed by atoms with Gasteiger partial charge in [-0.3, -0.25) is 4.79 Å². The molecule has 0 N–H and O–H groups in total. The Balaban J connectivity index is 1.98. The first-order valence-corrected chi connectivity index (χ1v) is 10.2. The summed E-state index contributed by atoms with van der Waals surface area (Å²) in [5, 5.41) is 3.41. The Morgan fingerprint density at radius 3 is 2.52 bits per heavy atom. The van der Waals surface area contributed by atoms with E-state index in [0.29, 0.717) is 5.75 Å². The van der Waals surface area contributed by atoms with Crippen molar-refractivity contribution in [3.63, 3.8) is 0 Å². The molecule has 0 aliphatic carbocycles. The summed E-state index contributed by atoms with van der Waals surface area (Å²) in [6.45, 7) is 9.77. The van der Waals surface area contributed by atoms with Crippen LogP contribution in [0.3, 0.4) is 0 Å². The van der Waals surface area contributed by atoms with Gasteiger partial charge in [0.1, 0.15) is 0 Å². The summed E-state index contributed by atoms with van der Waals surface area (Å²) in [4.78, 5) is 11.5. The van der Waals surface area contributed by atoms with Crippen LogP contribution in [0.4, 0.5) is 0 Å². The third-order valence-corrected chi connectivity index (χ3v) is 6.63. The van der Waals surface area contributed by atoms with E-state index >= 15 is 0 Å². The highest BCUT2D eigenvalue weighted by molar-refractivity contribution is 8.13. The fourth-order valence-corrected chi connectivity index (χ4v) is 4.11. The van der Waals surface area contributed by atoms with Gasteiger partial charge in [-0.05, 0) is 61.6 Å². The monoisotopic (exact) mass is 374 g/mol. The van der Waals surface area contributed by atoms with Crippen molar-refractivity contribution in [1.82, 2.24) is 0 Å². The van der Waals surface area contributed by atoms with Gasteiger partial charge in [-0.1, -0.05) is 30.0 Å². The zero-order chi connectivity index (χ0) is 18.2. The van der Waals surface area contributed by atoms with Crippen LogP contribution >= 0.6 is 23.1 Å². The second-order valence-corrected chi connectivity index (χ2v) is 9.37. The number of hydrogen-bond acceptors (Lipinski definition) is 5. The molecule has 0 spiro atoms. The van der Waals surface area contributed by atoms with Gasteiger partial charge in [0, 0.05) is 17.4 Å². The Morgan fingerprint density at radius 1 is 1.20 bits per heavy atom. The minimum atomic E-state index is -0.439. The maximum atomic E-state index is 11.5. The Hall–Kier alpha value is -1.08. The molecule has 6 heteroatoms. The van der Waals surface area contributed by atoms with E-state index in [1.165, 1.54) is 21.8 Å². The molecule has 3 nitrogen and oxygen atoms in total. The van der Waals surface area contributed by atoms with Crippen LogP contribution in [0, 0.1) is 0 Å². The van der Waals surface area contributed by atoms with Crippen molar-refractivity contribution >= 4 is 51.5 Å². The number of benzene rings is 1. The second-order valence-electron chi connectivity index (χ2n) is 7.27. The summed E-state index contributed by atoms with van der Waals surface area (Å²) in [5.74, 6) is 0.562. The van der Waals surface area contributed by atoms with E-state index in [1.54, 1.807) is 18.3 Å². The highest BCUT2D eigenvalue weighted by Crippen LogP contribution is 2.39. The molecule has 1 fully saturated rings. The minimum Gasteiger partial charge on any atom is -0.400 e. The molecule has 1 aromatic carbocycles. The average molecular weight is 374 g/mol. The Bertz CT molecular complexity index is 807. The zero-order valence-electron chi connectivity index (χ0n) is 15.3. The third kappa shape index (κ3) is 3.87. The molecular formula is C19H23BO3S2. The first-order chi connectivity index (χ1) is 11.7. The normalized spacial score (nSPS) is 19.6. The highest BCUT2D eigenvalue weighted by atomic mass is 32.2. The van der Waals surface area contributed by atoms with Crippen molar-refractivity contribution in [1.29, 1.82) is 0 Å². The number of carbonyl (C=O) groups excluding carboxylic acids is 1. The van der Waals surface area contributed by atoms with Crippen LogP contribution in [0.25, 0.3) is 16.2 Å². The van der Waals surface area contributed by atoms with Crippen LogP contribution in [0.15, 0.2) is 35.1 Å². The van der Waals surface area contributed by atoms with Gasteiger partial charge in [-0.15, -0.1) is 11.3 Å². The van der Waals surface area contributed by atoms with Gasteiger partial charge in [-0.2, -0.15) is 0 Å². The van der Waals surface area contributed by atoms with Crippen molar-refractivity contribution in [2.75, 3.05) is 5.75 Å². The molecule has 2 aromatic rings. The summed E-state index contributed by atoms with van der Waals surface area (Å²) in [7, 11) is -0.439. The first-order valence-electron chi connectivity index (χ1n) is 8.35. The van der Waals surface area contributed by atoms with Crippen LogP contribution in [0.5, 0.6) is 0 Å². The number of fused-ring (bicyclic) bond motifs is 1. The number of thioether (sulfide) groups is 1. The first kappa shape index (κ1) is 18.7. The Morgan fingerprint density at radius 2 is 1.88 bits per heavy atom. The molecule has 1 aliphatic heterocycles. The van der Waals surface area contributed by atoms with Gasteiger partial charge in [0.15, 0.2) is 5.12 Å². The summed E-state index contributed by atoms with van der Waals surface area (Å²) in [6.07, 6.45) is 2.12. The lowest BCUT2D eigenvalue weighted by molar-refractivity contribution is -0.109. The fraction of sp³-hybridized carbons (Fsp3) is 0.421. The molecule has 0 saturated carbocycles. The van der Waals surface area contributed by atoms with Crippen molar-refractivity contribution in [2.45, 2.75) is 45.8 Å². The van der Waals surface area contributed by atoms with Gasteiger partial charge >= 0.3 is 7.12 Å². The molecule has 0 atom stereocenters. The minimum absolute atomic E-state index is 0.0937. The lowest BCUT2D eigenvalue weighted by Crippen LogP contribution is -2.41. The Kier molecular flexibility index (Phi) is 5.17. The van der Waals surface area contributed by atoms with Gasteiger partial charge in [-0.25, -0.2) is 0 Å². The topological polar surface area (TPSA) is 35.5 Å². The van der Waals surface area contributed by atoms with Gasteiger partial charge in [0.05, 0.1) is 11.2 Å². The van der Waals surface area contributed by atoms with Crippen LogP contribution in [-0.4, -0.2) is 29.2 Å². The predicted octanol–water partition coefficient (Wildman–Crippen LogP) is 5.20. The van der Waals surface area contributed by atoms with Gasteiger partial charge < -0.3 is 9.31 Å². The lowest BCUT2D eigenvalue weighted by atomic mass is 9.78. The molecular weight excluding hydrogens is 351 g/mol. The summed E-state index contributed by atoms with van der Waals surface area (Å²) >= 11 is 3.02. The van der Waals surface area contributed by atoms with Crippen molar-refractivity contribution < 1.29 is 14.1 Å². The maximum absolute atomic E-state index is 11.5. The summed E-state index contributed by atoms with van der Waals surface area (Å²) in [5.41, 5.74) is 1.32. The molecule has 2 heterocycles. The van der Waals surface area contributed by atoms with E-state index in [4.69, 9.17) is 9.31 Å². The number of thiophene rings is 1. The zero-order valence-corrected chi connectivity index (χ0v) is 16.9. The summed E-state index contributed by atoms with van der Waals surface area (Å²) < 4.78 is 13.7. The SMILES string of the molecule is CC(=O)SCC(=Cc1cccc2sccc12)B1OC(C)(C)C(C)(C)O1. The van der Waals surface area contributed by atoms with Crippen LogP contribution in [0.2, 0.25) is 0 Å². The molecule has 0 amide bonds. The molecule has 1 aromatic heterocycles.